The number of sulfone groups is 1. The number of carbonyl (C=O) groups excluding carboxylic acids is 1. The third-order valence-corrected chi connectivity index (χ3v) is 5.59. The van der Waals surface area contributed by atoms with Gasteiger partial charge in [0.25, 0.3) is 0 Å². The minimum absolute atomic E-state index is 0.0153. The van der Waals surface area contributed by atoms with Gasteiger partial charge < -0.3 is 15.0 Å². The molecule has 0 spiro atoms. The van der Waals surface area contributed by atoms with Gasteiger partial charge in [0.05, 0.1) is 11.5 Å². The van der Waals surface area contributed by atoms with Gasteiger partial charge in [-0.3, -0.25) is 4.79 Å². The molecule has 0 aromatic rings. The van der Waals surface area contributed by atoms with Crippen LogP contribution < -0.4 is 5.32 Å². The Morgan fingerprint density at radius 2 is 2.05 bits per heavy atom. The van der Waals surface area contributed by atoms with Gasteiger partial charge in [0.15, 0.2) is 9.84 Å². The van der Waals surface area contributed by atoms with Gasteiger partial charge in [-0.25, -0.2) is 8.42 Å². The summed E-state index contributed by atoms with van der Waals surface area (Å²) in [6.45, 7) is 1.83. The highest BCUT2D eigenvalue weighted by atomic mass is 32.2. The molecule has 110 valence electrons. The molecule has 7 heteroatoms. The Kier molecular flexibility index (Phi) is 4.81. The first-order valence-corrected chi connectivity index (χ1v) is 8.57. The Labute approximate surface area is 114 Å². The summed E-state index contributed by atoms with van der Waals surface area (Å²) in [4.78, 5) is 13.9. The van der Waals surface area contributed by atoms with E-state index in [0.717, 1.165) is 12.8 Å². The maximum atomic E-state index is 12.2. The van der Waals surface area contributed by atoms with Crippen LogP contribution in [0.5, 0.6) is 0 Å². The zero-order valence-electron chi connectivity index (χ0n) is 11.3. The molecule has 1 atom stereocenters. The summed E-state index contributed by atoms with van der Waals surface area (Å²) in [5.74, 6) is 0.259. The van der Waals surface area contributed by atoms with E-state index in [1.807, 2.05) is 0 Å². The molecular formula is C12H22N2O4S. The van der Waals surface area contributed by atoms with Gasteiger partial charge in [0.2, 0.25) is 5.91 Å². The number of rotatable bonds is 3. The molecule has 2 aliphatic heterocycles. The van der Waals surface area contributed by atoms with E-state index in [-0.39, 0.29) is 35.9 Å². The highest BCUT2D eigenvalue weighted by Crippen LogP contribution is 2.15. The van der Waals surface area contributed by atoms with Gasteiger partial charge in [0.1, 0.15) is 0 Å². The fourth-order valence-electron chi connectivity index (χ4n) is 2.63. The van der Waals surface area contributed by atoms with Crippen LogP contribution in [0.4, 0.5) is 0 Å². The average Bonchev–Trinajstić information content (AvgIpc) is 2.37. The molecule has 1 amide bonds. The number of carbonyl (C=O) groups is 1. The molecule has 1 unspecified atom stereocenters. The van der Waals surface area contributed by atoms with E-state index in [4.69, 9.17) is 4.74 Å². The Hall–Kier alpha value is -0.660. The molecule has 0 aromatic carbocycles. The maximum absolute atomic E-state index is 12.2. The molecule has 6 nitrogen and oxygen atoms in total. The lowest BCUT2D eigenvalue weighted by Crippen LogP contribution is -2.49. The first kappa shape index (κ1) is 14.7. The Morgan fingerprint density at radius 1 is 1.37 bits per heavy atom. The van der Waals surface area contributed by atoms with Gasteiger partial charge >= 0.3 is 0 Å². The fraction of sp³-hybridized carbons (Fsp3) is 0.917. The molecule has 2 fully saturated rings. The first-order chi connectivity index (χ1) is 8.98. The third-order valence-electron chi connectivity index (χ3n) is 3.85. The van der Waals surface area contributed by atoms with Crippen molar-refractivity contribution in [3.63, 3.8) is 0 Å². The lowest BCUT2D eigenvalue weighted by atomic mass is 10.1. The molecule has 19 heavy (non-hydrogen) atoms. The smallest absolute Gasteiger partial charge is 0.224 e. The Morgan fingerprint density at radius 3 is 2.68 bits per heavy atom. The van der Waals surface area contributed by atoms with E-state index in [0.29, 0.717) is 19.8 Å². The van der Waals surface area contributed by atoms with Crippen molar-refractivity contribution in [2.75, 3.05) is 38.3 Å². The molecule has 0 saturated carbocycles. The van der Waals surface area contributed by atoms with Crippen molar-refractivity contribution in [2.45, 2.75) is 31.3 Å². The summed E-state index contributed by atoms with van der Waals surface area (Å²) in [7, 11) is -1.18. The van der Waals surface area contributed by atoms with Gasteiger partial charge in [-0.05, 0) is 12.8 Å². The predicted molar refractivity (Wildman–Crippen MR) is 71.7 cm³/mol. The summed E-state index contributed by atoms with van der Waals surface area (Å²) in [5, 5.41) is 3.11. The zero-order chi connectivity index (χ0) is 13.9. The number of nitrogens with one attached hydrogen (secondary N) is 1. The van der Waals surface area contributed by atoms with Crippen molar-refractivity contribution < 1.29 is 17.9 Å². The predicted octanol–water partition coefficient (Wildman–Crippen LogP) is -0.599. The van der Waals surface area contributed by atoms with Crippen LogP contribution in [0.1, 0.15) is 19.3 Å². The third kappa shape index (κ3) is 4.15. The lowest BCUT2D eigenvalue weighted by molar-refractivity contribution is -0.134. The van der Waals surface area contributed by atoms with E-state index in [9.17, 15) is 13.2 Å². The highest BCUT2D eigenvalue weighted by Gasteiger charge is 2.29. The van der Waals surface area contributed by atoms with Gasteiger partial charge in [0, 0.05) is 45.3 Å². The van der Waals surface area contributed by atoms with Crippen LogP contribution in [0.3, 0.4) is 0 Å². The standard InChI is InChI=1S/C12H22N2O4S/c1-14(11-2-5-18-6-3-11)12(15)8-10-9-19(16,17)7-4-13-10/h10-11,13H,2-9H2,1H3. The Balaban J connectivity index is 1.86. The van der Waals surface area contributed by atoms with E-state index < -0.39 is 9.84 Å². The van der Waals surface area contributed by atoms with Crippen molar-refractivity contribution in [3.05, 3.63) is 0 Å². The van der Waals surface area contributed by atoms with Crippen molar-refractivity contribution >= 4 is 15.7 Å². The van der Waals surface area contributed by atoms with Crippen LogP contribution in [0.25, 0.3) is 0 Å². The monoisotopic (exact) mass is 290 g/mol. The van der Waals surface area contributed by atoms with E-state index >= 15 is 0 Å². The molecule has 0 bridgehead atoms. The molecule has 1 N–H and O–H groups in total. The molecule has 2 heterocycles. The summed E-state index contributed by atoms with van der Waals surface area (Å²) < 4.78 is 28.3. The van der Waals surface area contributed by atoms with Crippen LogP contribution in [-0.2, 0) is 19.4 Å². The van der Waals surface area contributed by atoms with Gasteiger partial charge in [-0.15, -0.1) is 0 Å². The lowest BCUT2D eigenvalue weighted by Gasteiger charge is -2.33. The number of hydrogen-bond donors (Lipinski definition) is 1. The average molecular weight is 290 g/mol. The van der Waals surface area contributed by atoms with Crippen molar-refractivity contribution in [3.8, 4) is 0 Å². The summed E-state index contributed by atoms with van der Waals surface area (Å²) in [5.41, 5.74) is 0. The minimum atomic E-state index is -2.98. The van der Waals surface area contributed by atoms with Crippen LogP contribution in [0, 0.1) is 0 Å². The van der Waals surface area contributed by atoms with Crippen LogP contribution in [0.2, 0.25) is 0 Å². The topological polar surface area (TPSA) is 75.7 Å². The van der Waals surface area contributed by atoms with Crippen LogP contribution in [-0.4, -0.2) is 69.6 Å². The van der Waals surface area contributed by atoms with E-state index in [2.05, 4.69) is 5.32 Å². The molecule has 0 aromatic heterocycles. The van der Waals surface area contributed by atoms with Crippen molar-refractivity contribution in [1.29, 1.82) is 0 Å². The fourth-order valence-corrected chi connectivity index (χ4v) is 4.07. The molecule has 0 aliphatic carbocycles. The van der Waals surface area contributed by atoms with Crippen LogP contribution >= 0.6 is 0 Å². The summed E-state index contributed by atoms with van der Waals surface area (Å²) in [6, 6.07) is -0.0185. The zero-order valence-corrected chi connectivity index (χ0v) is 12.1. The van der Waals surface area contributed by atoms with Gasteiger partial charge in [-0.2, -0.15) is 0 Å². The second kappa shape index (κ2) is 6.19. The molecule has 0 radical (unpaired) electrons. The maximum Gasteiger partial charge on any atom is 0.224 e. The number of nitrogens with zero attached hydrogens (tertiary/aromatic N) is 1. The molecule has 2 rings (SSSR count). The van der Waals surface area contributed by atoms with Crippen molar-refractivity contribution in [2.24, 2.45) is 0 Å². The van der Waals surface area contributed by atoms with E-state index in [1.165, 1.54) is 0 Å². The first-order valence-electron chi connectivity index (χ1n) is 6.75. The minimum Gasteiger partial charge on any atom is -0.381 e. The van der Waals surface area contributed by atoms with Gasteiger partial charge in [-0.1, -0.05) is 0 Å². The number of amides is 1. The highest BCUT2D eigenvalue weighted by molar-refractivity contribution is 7.91. The summed E-state index contributed by atoms with van der Waals surface area (Å²) in [6.07, 6.45) is 1.98. The summed E-state index contributed by atoms with van der Waals surface area (Å²) >= 11 is 0. The Bertz CT molecular complexity index is 417. The second-order valence-electron chi connectivity index (χ2n) is 5.32. The molecule has 2 saturated heterocycles. The van der Waals surface area contributed by atoms with Crippen LogP contribution in [0.15, 0.2) is 0 Å². The number of ether oxygens (including phenoxy) is 1. The SMILES string of the molecule is CN(C(=O)CC1CS(=O)(=O)CCN1)C1CCOCC1. The quantitative estimate of drug-likeness (QED) is 0.751. The molecular weight excluding hydrogens is 268 g/mol. The largest absolute Gasteiger partial charge is 0.381 e. The number of hydrogen-bond acceptors (Lipinski definition) is 5. The van der Waals surface area contributed by atoms with Crippen molar-refractivity contribution in [1.82, 2.24) is 10.2 Å². The molecule has 2 aliphatic rings. The second-order valence-corrected chi connectivity index (χ2v) is 7.55. The van der Waals surface area contributed by atoms with E-state index in [1.54, 1.807) is 11.9 Å². The normalized spacial score (nSPS) is 27.9.